The summed E-state index contributed by atoms with van der Waals surface area (Å²) in [7, 11) is 0. The minimum Gasteiger partial charge on any atom is -0.491 e. The molecule has 12 nitrogen and oxygen atoms in total. The van der Waals surface area contributed by atoms with Crippen molar-refractivity contribution in [1.29, 1.82) is 0 Å². The zero-order valence-electron chi connectivity index (χ0n) is 20.5. The lowest BCUT2D eigenvalue weighted by Gasteiger charge is -2.12. The minimum absolute atomic E-state index is 0.0103. The summed E-state index contributed by atoms with van der Waals surface area (Å²) in [4.78, 5) is 42.5. The number of nitrogens with one attached hydrogen (secondary N) is 1. The van der Waals surface area contributed by atoms with E-state index in [1.807, 2.05) is 0 Å². The lowest BCUT2D eigenvalue weighted by atomic mass is 10.1. The Labute approximate surface area is 222 Å². The van der Waals surface area contributed by atoms with Gasteiger partial charge in [0.2, 0.25) is 0 Å². The SMILES string of the molecule is NNOC(=O)c1cc(OC(=O)c2ccc(OCC3CO3)cc2)ccc1OC(=O)c1ccc(OCC2CO2)cc1. The van der Waals surface area contributed by atoms with E-state index in [9.17, 15) is 14.4 Å². The molecule has 202 valence electrons. The Hall–Kier alpha value is -4.49. The Bertz CT molecular complexity index is 1340. The van der Waals surface area contributed by atoms with Crippen molar-refractivity contribution in [3.05, 3.63) is 83.4 Å². The van der Waals surface area contributed by atoms with Crippen LogP contribution in [-0.4, -0.2) is 56.5 Å². The zero-order valence-corrected chi connectivity index (χ0v) is 20.5. The Morgan fingerprint density at radius 3 is 1.69 bits per heavy atom. The number of hydrazine groups is 1. The van der Waals surface area contributed by atoms with Crippen LogP contribution in [0.15, 0.2) is 66.7 Å². The molecule has 0 spiro atoms. The van der Waals surface area contributed by atoms with E-state index in [0.717, 1.165) is 0 Å². The first kappa shape index (κ1) is 26.1. The summed E-state index contributed by atoms with van der Waals surface area (Å²) >= 11 is 0. The van der Waals surface area contributed by atoms with E-state index < -0.39 is 17.9 Å². The third-order valence-electron chi connectivity index (χ3n) is 5.59. The molecule has 3 aromatic rings. The van der Waals surface area contributed by atoms with Gasteiger partial charge in [0, 0.05) is 0 Å². The number of benzene rings is 3. The van der Waals surface area contributed by atoms with Crippen LogP contribution in [0.25, 0.3) is 0 Å². The number of ether oxygens (including phenoxy) is 6. The van der Waals surface area contributed by atoms with Crippen LogP contribution in [0.2, 0.25) is 0 Å². The molecule has 5 rings (SSSR count). The van der Waals surface area contributed by atoms with Crippen molar-refractivity contribution in [2.75, 3.05) is 26.4 Å². The maximum Gasteiger partial charge on any atom is 0.361 e. The molecule has 0 amide bonds. The van der Waals surface area contributed by atoms with Crippen molar-refractivity contribution in [2.24, 2.45) is 5.84 Å². The van der Waals surface area contributed by atoms with Gasteiger partial charge < -0.3 is 33.3 Å². The summed E-state index contributed by atoms with van der Waals surface area (Å²) in [5, 5.41) is 0. The molecule has 0 radical (unpaired) electrons. The molecule has 2 aliphatic rings. The van der Waals surface area contributed by atoms with E-state index in [0.29, 0.717) is 37.9 Å². The maximum atomic E-state index is 12.7. The fourth-order valence-corrected chi connectivity index (χ4v) is 3.34. The molecule has 0 aromatic heterocycles. The van der Waals surface area contributed by atoms with Crippen LogP contribution >= 0.6 is 0 Å². The van der Waals surface area contributed by atoms with Crippen LogP contribution < -0.4 is 30.4 Å². The van der Waals surface area contributed by atoms with Crippen molar-refractivity contribution < 1.29 is 47.6 Å². The minimum atomic E-state index is -0.967. The smallest absolute Gasteiger partial charge is 0.361 e. The Balaban J connectivity index is 1.24. The summed E-state index contributed by atoms with van der Waals surface area (Å²) < 4.78 is 32.1. The summed E-state index contributed by atoms with van der Waals surface area (Å²) in [6, 6.07) is 16.5. The molecule has 2 saturated heterocycles. The third-order valence-corrected chi connectivity index (χ3v) is 5.59. The Kier molecular flexibility index (Phi) is 7.99. The molecule has 0 bridgehead atoms. The summed E-state index contributed by atoms with van der Waals surface area (Å²) in [6.45, 7) is 2.22. The highest BCUT2D eigenvalue weighted by molar-refractivity contribution is 5.97. The Morgan fingerprint density at radius 1 is 0.718 bits per heavy atom. The number of hydrogen-bond acceptors (Lipinski definition) is 12. The van der Waals surface area contributed by atoms with E-state index in [-0.39, 0.29) is 40.4 Å². The number of esters is 2. The zero-order chi connectivity index (χ0) is 27.2. The first-order valence-corrected chi connectivity index (χ1v) is 11.9. The molecule has 3 N–H and O–H groups in total. The molecule has 2 unspecified atom stereocenters. The van der Waals surface area contributed by atoms with Crippen LogP contribution in [0.3, 0.4) is 0 Å². The van der Waals surface area contributed by atoms with Gasteiger partial charge >= 0.3 is 17.9 Å². The van der Waals surface area contributed by atoms with Gasteiger partial charge in [0.05, 0.1) is 24.3 Å². The highest BCUT2D eigenvalue weighted by Gasteiger charge is 2.24. The average Bonchev–Trinajstić information content (AvgIpc) is 3.88. The largest absolute Gasteiger partial charge is 0.491 e. The predicted octanol–water partition coefficient (Wildman–Crippen LogP) is 2.22. The summed E-state index contributed by atoms with van der Waals surface area (Å²) in [5.41, 5.74) is 2.05. The van der Waals surface area contributed by atoms with Crippen LogP contribution in [0.4, 0.5) is 0 Å². The standard InChI is InChI=1S/C27H24N2O10/c28-29-39-27(32)23-11-20(37-25(30)16-1-5-18(6-2-16)33-12-21-14-35-21)9-10-24(23)38-26(31)17-3-7-19(8-4-17)34-13-22-15-36-22/h1-11,21-22,29H,12-15,28H2. The maximum absolute atomic E-state index is 12.7. The second-order valence-corrected chi connectivity index (χ2v) is 8.53. The fourth-order valence-electron chi connectivity index (χ4n) is 3.34. The number of carbonyl (C=O) groups is 3. The third kappa shape index (κ3) is 7.30. The molecular formula is C27H24N2O10. The molecule has 2 atom stereocenters. The summed E-state index contributed by atoms with van der Waals surface area (Å²) in [5.74, 6) is 3.75. The van der Waals surface area contributed by atoms with Crippen molar-refractivity contribution in [1.82, 2.24) is 5.59 Å². The van der Waals surface area contributed by atoms with Crippen LogP contribution in [0.5, 0.6) is 23.0 Å². The number of hydrogen-bond donors (Lipinski definition) is 2. The van der Waals surface area contributed by atoms with Crippen LogP contribution in [0.1, 0.15) is 31.1 Å². The van der Waals surface area contributed by atoms with Gasteiger partial charge in [-0.15, -0.1) is 0 Å². The van der Waals surface area contributed by atoms with Gasteiger partial charge in [-0.05, 0) is 66.7 Å². The summed E-state index contributed by atoms with van der Waals surface area (Å²) in [6.07, 6.45) is 0.214. The Morgan fingerprint density at radius 2 is 1.21 bits per heavy atom. The number of epoxide rings is 2. The molecule has 2 fully saturated rings. The second kappa shape index (κ2) is 11.9. The van der Waals surface area contributed by atoms with Crippen LogP contribution in [-0.2, 0) is 14.3 Å². The van der Waals surface area contributed by atoms with Crippen molar-refractivity contribution in [3.8, 4) is 23.0 Å². The van der Waals surface area contributed by atoms with Gasteiger partial charge in [-0.2, -0.15) is 0 Å². The molecular weight excluding hydrogens is 512 g/mol. The monoisotopic (exact) mass is 536 g/mol. The molecule has 0 aliphatic carbocycles. The highest BCUT2D eigenvalue weighted by atomic mass is 16.7. The second-order valence-electron chi connectivity index (χ2n) is 8.53. The van der Waals surface area contributed by atoms with Crippen molar-refractivity contribution >= 4 is 17.9 Å². The van der Waals surface area contributed by atoms with E-state index in [1.165, 1.54) is 30.3 Å². The fraction of sp³-hybridized carbons (Fsp3) is 0.222. The van der Waals surface area contributed by atoms with Gasteiger partial charge in [-0.3, -0.25) is 0 Å². The number of rotatable bonds is 12. The molecule has 2 heterocycles. The lowest BCUT2D eigenvalue weighted by Crippen LogP contribution is -2.26. The first-order valence-electron chi connectivity index (χ1n) is 11.9. The number of nitrogens with two attached hydrogens (primary N) is 1. The highest BCUT2D eigenvalue weighted by Crippen LogP contribution is 2.27. The van der Waals surface area contributed by atoms with Gasteiger partial charge in [0.15, 0.2) is 0 Å². The predicted molar refractivity (Wildman–Crippen MR) is 132 cm³/mol. The number of carbonyl (C=O) groups excluding carboxylic acids is 3. The van der Waals surface area contributed by atoms with Gasteiger partial charge in [0.1, 0.15) is 54.0 Å². The van der Waals surface area contributed by atoms with E-state index >= 15 is 0 Å². The molecule has 39 heavy (non-hydrogen) atoms. The van der Waals surface area contributed by atoms with Gasteiger partial charge in [-0.1, -0.05) is 5.59 Å². The van der Waals surface area contributed by atoms with Crippen molar-refractivity contribution in [3.63, 3.8) is 0 Å². The van der Waals surface area contributed by atoms with E-state index in [1.54, 1.807) is 42.0 Å². The normalized spacial score (nSPS) is 17.1. The molecule has 12 heteroatoms. The van der Waals surface area contributed by atoms with Gasteiger partial charge in [-0.25, -0.2) is 20.2 Å². The van der Waals surface area contributed by atoms with Crippen molar-refractivity contribution in [2.45, 2.75) is 12.2 Å². The molecule has 2 aliphatic heterocycles. The topological polar surface area (TPSA) is 160 Å². The molecule has 0 saturated carbocycles. The average molecular weight is 536 g/mol. The molecule has 3 aromatic carbocycles. The van der Waals surface area contributed by atoms with E-state index in [4.69, 9.17) is 34.3 Å². The van der Waals surface area contributed by atoms with E-state index in [2.05, 4.69) is 4.84 Å². The quantitative estimate of drug-likeness (QED) is 0.114. The first-order chi connectivity index (χ1) is 19.0. The lowest BCUT2D eigenvalue weighted by molar-refractivity contribution is 0.0249. The van der Waals surface area contributed by atoms with Gasteiger partial charge in [0.25, 0.3) is 0 Å². The van der Waals surface area contributed by atoms with Crippen LogP contribution in [0, 0.1) is 0 Å².